The van der Waals surface area contributed by atoms with Crippen molar-refractivity contribution in [3.8, 4) is 0 Å². The van der Waals surface area contributed by atoms with Crippen LogP contribution in [0.1, 0.15) is 26.2 Å². The monoisotopic (exact) mass is 247 g/mol. The number of aliphatic hydroxyl groups is 2. The van der Waals surface area contributed by atoms with E-state index in [1.807, 2.05) is 11.8 Å². The molecule has 0 aliphatic carbocycles. The predicted octanol–water partition coefficient (Wildman–Crippen LogP) is 0.379. The van der Waals surface area contributed by atoms with Gasteiger partial charge in [0.1, 0.15) is 5.60 Å². The van der Waals surface area contributed by atoms with Crippen molar-refractivity contribution >= 4 is 17.7 Å². The number of nitrogens with one attached hydrogen (secondary N) is 1. The molecule has 3 N–H and O–H groups in total. The van der Waals surface area contributed by atoms with Crippen molar-refractivity contribution in [3.63, 3.8) is 0 Å². The largest absolute Gasteiger partial charge is 0.393 e. The first-order valence-corrected chi connectivity index (χ1v) is 6.86. The molecule has 1 rings (SSSR count). The third-order valence-electron chi connectivity index (χ3n) is 2.82. The molecule has 0 radical (unpaired) electrons. The fourth-order valence-electron chi connectivity index (χ4n) is 1.63. The molecule has 1 saturated heterocycles. The van der Waals surface area contributed by atoms with Crippen molar-refractivity contribution in [1.29, 1.82) is 0 Å². The highest BCUT2D eigenvalue weighted by atomic mass is 32.2. The minimum absolute atomic E-state index is 0.0226. The Morgan fingerprint density at radius 2 is 2.12 bits per heavy atom. The Morgan fingerprint density at radius 1 is 1.50 bits per heavy atom. The van der Waals surface area contributed by atoms with Gasteiger partial charge in [0.05, 0.1) is 6.61 Å². The fraction of sp³-hybridized carbons (Fsp3) is 0.909. The molecule has 1 atom stereocenters. The number of hydrogen-bond acceptors (Lipinski definition) is 4. The SMILES string of the molecule is CC(O)(CO)CNC(=O)CC1CCSCC1. The predicted molar refractivity (Wildman–Crippen MR) is 65.4 cm³/mol. The Labute approximate surface area is 101 Å². The molecule has 0 spiro atoms. The number of rotatable bonds is 5. The average Bonchev–Trinajstić information content (AvgIpc) is 2.28. The first-order valence-electron chi connectivity index (χ1n) is 5.71. The zero-order valence-corrected chi connectivity index (χ0v) is 10.6. The van der Waals surface area contributed by atoms with Crippen molar-refractivity contribution in [2.24, 2.45) is 5.92 Å². The van der Waals surface area contributed by atoms with Gasteiger partial charge in [0.2, 0.25) is 5.91 Å². The van der Waals surface area contributed by atoms with Gasteiger partial charge in [-0.1, -0.05) is 0 Å². The zero-order chi connectivity index (χ0) is 12.0. The molecule has 0 aromatic carbocycles. The molecule has 5 heteroatoms. The lowest BCUT2D eigenvalue weighted by atomic mass is 9.98. The van der Waals surface area contributed by atoms with Crippen molar-refractivity contribution < 1.29 is 15.0 Å². The third-order valence-corrected chi connectivity index (χ3v) is 3.87. The van der Waals surface area contributed by atoms with Gasteiger partial charge in [-0.05, 0) is 37.2 Å². The van der Waals surface area contributed by atoms with Gasteiger partial charge in [0.25, 0.3) is 0 Å². The van der Waals surface area contributed by atoms with E-state index in [-0.39, 0.29) is 19.1 Å². The molecule has 0 aromatic heterocycles. The van der Waals surface area contributed by atoms with Crippen LogP contribution in [0.4, 0.5) is 0 Å². The maximum atomic E-state index is 11.6. The second kappa shape index (κ2) is 6.47. The van der Waals surface area contributed by atoms with Crippen LogP contribution in [0.25, 0.3) is 0 Å². The Kier molecular flexibility index (Phi) is 5.58. The number of aliphatic hydroxyl groups excluding tert-OH is 1. The van der Waals surface area contributed by atoms with Crippen LogP contribution in [0.2, 0.25) is 0 Å². The van der Waals surface area contributed by atoms with Crippen molar-refractivity contribution in [3.05, 3.63) is 0 Å². The molecular formula is C11H21NO3S. The summed E-state index contributed by atoms with van der Waals surface area (Å²) in [7, 11) is 0. The van der Waals surface area contributed by atoms with Crippen LogP contribution < -0.4 is 5.32 Å². The maximum Gasteiger partial charge on any atom is 0.220 e. The van der Waals surface area contributed by atoms with Gasteiger partial charge in [-0.3, -0.25) is 4.79 Å². The molecule has 4 nitrogen and oxygen atoms in total. The highest BCUT2D eigenvalue weighted by molar-refractivity contribution is 7.99. The third kappa shape index (κ3) is 5.18. The second-order valence-corrected chi connectivity index (χ2v) is 5.92. The van der Waals surface area contributed by atoms with Gasteiger partial charge >= 0.3 is 0 Å². The standard InChI is InChI=1S/C11H21NO3S/c1-11(15,8-13)7-12-10(14)6-9-2-4-16-5-3-9/h9,13,15H,2-8H2,1H3,(H,12,14). The molecule has 1 aliphatic heterocycles. The summed E-state index contributed by atoms with van der Waals surface area (Å²) in [5.41, 5.74) is -1.21. The van der Waals surface area contributed by atoms with E-state index in [1.54, 1.807) is 0 Å². The minimum atomic E-state index is -1.21. The van der Waals surface area contributed by atoms with Crippen molar-refractivity contribution in [2.45, 2.75) is 31.8 Å². The fourth-order valence-corrected chi connectivity index (χ4v) is 2.83. The molecule has 1 heterocycles. The minimum Gasteiger partial charge on any atom is -0.393 e. The van der Waals surface area contributed by atoms with Gasteiger partial charge in [-0.15, -0.1) is 0 Å². The summed E-state index contributed by atoms with van der Waals surface area (Å²) in [5, 5.41) is 21.0. The molecule has 1 amide bonds. The molecule has 0 bridgehead atoms. The lowest BCUT2D eigenvalue weighted by Crippen LogP contribution is -2.43. The van der Waals surface area contributed by atoms with E-state index in [0.29, 0.717) is 12.3 Å². The van der Waals surface area contributed by atoms with E-state index in [1.165, 1.54) is 6.92 Å². The number of thioether (sulfide) groups is 1. The zero-order valence-electron chi connectivity index (χ0n) is 9.74. The molecule has 1 fully saturated rings. The summed E-state index contributed by atoms with van der Waals surface area (Å²) in [6.07, 6.45) is 2.75. The Bertz CT molecular complexity index is 227. The van der Waals surface area contributed by atoms with Gasteiger partial charge < -0.3 is 15.5 Å². The van der Waals surface area contributed by atoms with Crippen molar-refractivity contribution in [1.82, 2.24) is 5.32 Å². The van der Waals surface area contributed by atoms with E-state index in [4.69, 9.17) is 5.11 Å². The summed E-state index contributed by atoms with van der Waals surface area (Å²) in [6, 6.07) is 0. The molecular weight excluding hydrogens is 226 g/mol. The van der Waals surface area contributed by atoms with Crippen LogP contribution >= 0.6 is 11.8 Å². The van der Waals surface area contributed by atoms with Gasteiger partial charge in [-0.2, -0.15) is 11.8 Å². The van der Waals surface area contributed by atoms with E-state index in [2.05, 4.69) is 5.32 Å². The number of amides is 1. The summed E-state index contributed by atoms with van der Waals surface area (Å²) in [4.78, 5) is 11.6. The van der Waals surface area contributed by atoms with Crippen LogP contribution in [0.3, 0.4) is 0 Å². The molecule has 1 aliphatic rings. The van der Waals surface area contributed by atoms with Gasteiger partial charge in [0.15, 0.2) is 0 Å². The normalized spacial score (nSPS) is 21.4. The Morgan fingerprint density at radius 3 is 2.69 bits per heavy atom. The quantitative estimate of drug-likeness (QED) is 0.657. The highest BCUT2D eigenvalue weighted by Gasteiger charge is 2.21. The molecule has 1 unspecified atom stereocenters. The van der Waals surface area contributed by atoms with Crippen LogP contribution in [-0.2, 0) is 4.79 Å². The van der Waals surface area contributed by atoms with E-state index in [9.17, 15) is 9.90 Å². The number of carbonyl (C=O) groups excluding carboxylic acids is 1. The van der Waals surface area contributed by atoms with E-state index in [0.717, 1.165) is 24.3 Å². The van der Waals surface area contributed by atoms with Crippen molar-refractivity contribution in [2.75, 3.05) is 24.7 Å². The van der Waals surface area contributed by atoms with Crippen LogP contribution in [-0.4, -0.2) is 46.4 Å². The smallest absolute Gasteiger partial charge is 0.220 e. The maximum absolute atomic E-state index is 11.6. The van der Waals surface area contributed by atoms with Crippen LogP contribution in [0.15, 0.2) is 0 Å². The highest BCUT2D eigenvalue weighted by Crippen LogP contribution is 2.25. The first-order chi connectivity index (χ1) is 7.53. The Hall–Kier alpha value is -0.260. The summed E-state index contributed by atoms with van der Waals surface area (Å²) in [5.74, 6) is 2.75. The Balaban J connectivity index is 2.19. The molecule has 0 saturated carbocycles. The first kappa shape index (κ1) is 13.8. The van der Waals surface area contributed by atoms with E-state index < -0.39 is 5.60 Å². The lowest BCUT2D eigenvalue weighted by molar-refractivity contribution is -0.123. The molecule has 16 heavy (non-hydrogen) atoms. The summed E-state index contributed by atoms with van der Waals surface area (Å²) in [6.45, 7) is 1.28. The van der Waals surface area contributed by atoms with Crippen LogP contribution in [0.5, 0.6) is 0 Å². The lowest BCUT2D eigenvalue weighted by Gasteiger charge is -2.23. The second-order valence-electron chi connectivity index (χ2n) is 4.69. The summed E-state index contributed by atoms with van der Waals surface area (Å²) < 4.78 is 0. The summed E-state index contributed by atoms with van der Waals surface area (Å²) >= 11 is 1.94. The number of carbonyl (C=O) groups is 1. The topological polar surface area (TPSA) is 69.6 Å². The van der Waals surface area contributed by atoms with Gasteiger partial charge in [0, 0.05) is 13.0 Å². The molecule has 94 valence electrons. The number of hydrogen-bond donors (Lipinski definition) is 3. The average molecular weight is 247 g/mol. The van der Waals surface area contributed by atoms with Gasteiger partial charge in [-0.25, -0.2) is 0 Å². The van der Waals surface area contributed by atoms with E-state index >= 15 is 0 Å². The molecule has 0 aromatic rings. The van der Waals surface area contributed by atoms with Crippen LogP contribution in [0, 0.1) is 5.92 Å².